The summed E-state index contributed by atoms with van der Waals surface area (Å²) in [6, 6.07) is 4.88. The second kappa shape index (κ2) is 6.06. The number of nitrogens with two attached hydrogens (primary N) is 1. The summed E-state index contributed by atoms with van der Waals surface area (Å²) in [5.74, 6) is 0.597. The molecule has 1 heterocycles. The summed E-state index contributed by atoms with van der Waals surface area (Å²) in [6.45, 7) is 4.02. The number of rotatable bonds is 3. The van der Waals surface area contributed by atoms with E-state index in [1.165, 1.54) is 6.07 Å². The molecule has 0 spiro atoms. The van der Waals surface area contributed by atoms with Gasteiger partial charge in [-0.25, -0.2) is 14.4 Å². The molecular formula is C14H14BrClFN3. The van der Waals surface area contributed by atoms with E-state index in [0.29, 0.717) is 21.7 Å². The standard InChI is InChI=1S/C14H14BrClFN3/c1-7(2)13-11(15)14(18)20-10(19-13)6-8-4-3-5-9(16)12(8)17/h3-5,7H,6H2,1-2H3,(H2,18,19,20). The summed E-state index contributed by atoms with van der Waals surface area (Å²) in [5, 5.41) is 0.0941. The molecule has 2 rings (SSSR count). The molecule has 106 valence electrons. The largest absolute Gasteiger partial charge is 0.383 e. The molecule has 0 unspecified atom stereocenters. The van der Waals surface area contributed by atoms with Gasteiger partial charge in [0.2, 0.25) is 0 Å². The van der Waals surface area contributed by atoms with E-state index in [4.69, 9.17) is 17.3 Å². The van der Waals surface area contributed by atoms with Crippen molar-refractivity contribution in [2.45, 2.75) is 26.2 Å². The maximum Gasteiger partial charge on any atom is 0.145 e. The molecule has 0 amide bonds. The minimum atomic E-state index is -0.439. The lowest BCUT2D eigenvalue weighted by Gasteiger charge is -2.12. The summed E-state index contributed by atoms with van der Waals surface area (Å²) >= 11 is 9.15. The Bertz CT molecular complexity index is 647. The molecule has 0 fully saturated rings. The summed E-state index contributed by atoms with van der Waals surface area (Å²) in [4.78, 5) is 8.64. The first-order valence-corrected chi connectivity index (χ1v) is 7.32. The van der Waals surface area contributed by atoms with Crippen LogP contribution in [0.15, 0.2) is 22.7 Å². The summed E-state index contributed by atoms with van der Waals surface area (Å²) in [5.41, 5.74) is 7.13. The Morgan fingerprint density at radius 1 is 1.35 bits per heavy atom. The lowest BCUT2D eigenvalue weighted by Crippen LogP contribution is -2.08. The summed E-state index contributed by atoms with van der Waals surface area (Å²) in [6.07, 6.45) is 0.254. The quantitative estimate of drug-likeness (QED) is 0.888. The first-order valence-electron chi connectivity index (χ1n) is 6.14. The second-order valence-corrected chi connectivity index (χ2v) is 5.97. The molecule has 0 radical (unpaired) electrons. The fourth-order valence-corrected chi connectivity index (χ4v) is 2.68. The van der Waals surface area contributed by atoms with Crippen LogP contribution in [0, 0.1) is 5.82 Å². The molecule has 1 aromatic carbocycles. The lowest BCUT2D eigenvalue weighted by atomic mass is 10.1. The molecule has 3 nitrogen and oxygen atoms in total. The van der Waals surface area contributed by atoms with Crippen molar-refractivity contribution < 1.29 is 4.39 Å². The van der Waals surface area contributed by atoms with Gasteiger partial charge in [-0.1, -0.05) is 37.6 Å². The van der Waals surface area contributed by atoms with Gasteiger partial charge in [-0.2, -0.15) is 0 Å². The van der Waals surface area contributed by atoms with Crippen molar-refractivity contribution in [3.8, 4) is 0 Å². The average Bonchev–Trinajstić information content (AvgIpc) is 2.38. The molecule has 0 saturated heterocycles. The molecule has 2 aromatic rings. The van der Waals surface area contributed by atoms with Gasteiger partial charge in [0.15, 0.2) is 0 Å². The Hall–Kier alpha value is -1.20. The van der Waals surface area contributed by atoms with Crippen molar-refractivity contribution in [2.75, 3.05) is 5.73 Å². The summed E-state index contributed by atoms with van der Waals surface area (Å²) < 4.78 is 14.6. The van der Waals surface area contributed by atoms with Crippen LogP contribution in [0.5, 0.6) is 0 Å². The number of halogens is 3. The molecule has 1 aromatic heterocycles. The van der Waals surface area contributed by atoms with Gasteiger partial charge in [0.05, 0.1) is 15.2 Å². The maximum absolute atomic E-state index is 13.9. The van der Waals surface area contributed by atoms with E-state index in [1.807, 2.05) is 13.8 Å². The van der Waals surface area contributed by atoms with Crippen molar-refractivity contribution in [1.82, 2.24) is 9.97 Å². The second-order valence-electron chi connectivity index (χ2n) is 4.77. The highest BCUT2D eigenvalue weighted by atomic mass is 79.9. The molecule has 0 aliphatic rings. The third-order valence-corrected chi connectivity index (χ3v) is 3.98. The first-order chi connectivity index (χ1) is 9.40. The van der Waals surface area contributed by atoms with Crippen LogP contribution in [0.25, 0.3) is 0 Å². The Balaban J connectivity index is 2.42. The van der Waals surface area contributed by atoms with Crippen LogP contribution in [-0.2, 0) is 6.42 Å². The van der Waals surface area contributed by atoms with Gasteiger partial charge >= 0.3 is 0 Å². The smallest absolute Gasteiger partial charge is 0.145 e. The van der Waals surface area contributed by atoms with Crippen molar-refractivity contribution in [2.24, 2.45) is 0 Å². The SMILES string of the molecule is CC(C)c1nc(Cc2cccc(Cl)c2F)nc(N)c1Br. The van der Waals surface area contributed by atoms with Gasteiger partial charge < -0.3 is 5.73 Å². The van der Waals surface area contributed by atoms with Crippen molar-refractivity contribution in [3.63, 3.8) is 0 Å². The zero-order chi connectivity index (χ0) is 14.9. The normalized spacial score (nSPS) is 11.1. The number of aromatic nitrogens is 2. The van der Waals surface area contributed by atoms with Crippen LogP contribution in [0.1, 0.15) is 36.8 Å². The van der Waals surface area contributed by atoms with Gasteiger partial charge in [-0.05, 0) is 33.5 Å². The number of benzene rings is 1. The zero-order valence-electron chi connectivity index (χ0n) is 11.1. The predicted molar refractivity (Wildman–Crippen MR) is 82.4 cm³/mol. The van der Waals surface area contributed by atoms with Crippen LogP contribution < -0.4 is 5.73 Å². The fourth-order valence-electron chi connectivity index (χ4n) is 1.85. The van der Waals surface area contributed by atoms with Crippen LogP contribution >= 0.6 is 27.5 Å². The molecule has 0 aliphatic heterocycles. The molecule has 0 saturated carbocycles. The third-order valence-electron chi connectivity index (χ3n) is 2.88. The number of hydrogen-bond donors (Lipinski definition) is 1. The Kier molecular flexibility index (Phi) is 4.60. The maximum atomic E-state index is 13.9. The van der Waals surface area contributed by atoms with E-state index < -0.39 is 5.82 Å². The number of anilines is 1. The molecule has 0 atom stereocenters. The third kappa shape index (κ3) is 3.10. The highest BCUT2D eigenvalue weighted by molar-refractivity contribution is 9.10. The lowest BCUT2D eigenvalue weighted by molar-refractivity contribution is 0.612. The van der Waals surface area contributed by atoms with Crippen LogP contribution in [0.3, 0.4) is 0 Å². The van der Waals surface area contributed by atoms with Crippen LogP contribution in [0.4, 0.5) is 10.2 Å². The first kappa shape index (κ1) is 15.2. The van der Waals surface area contributed by atoms with Gasteiger partial charge in [0.1, 0.15) is 17.5 Å². The van der Waals surface area contributed by atoms with Crippen molar-refractivity contribution in [1.29, 1.82) is 0 Å². The van der Waals surface area contributed by atoms with E-state index in [0.717, 1.165) is 5.69 Å². The average molecular weight is 359 g/mol. The van der Waals surface area contributed by atoms with Gasteiger partial charge in [0.25, 0.3) is 0 Å². The monoisotopic (exact) mass is 357 g/mol. The minimum Gasteiger partial charge on any atom is -0.383 e. The molecule has 0 bridgehead atoms. The van der Waals surface area contributed by atoms with E-state index >= 15 is 0 Å². The topological polar surface area (TPSA) is 51.8 Å². The molecule has 2 N–H and O–H groups in total. The van der Waals surface area contributed by atoms with Crippen LogP contribution in [-0.4, -0.2) is 9.97 Å². The van der Waals surface area contributed by atoms with E-state index in [1.54, 1.807) is 12.1 Å². The highest BCUT2D eigenvalue weighted by Gasteiger charge is 2.15. The number of nitrogen functional groups attached to an aromatic ring is 1. The van der Waals surface area contributed by atoms with Crippen LogP contribution in [0.2, 0.25) is 5.02 Å². The molecule has 6 heteroatoms. The van der Waals surface area contributed by atoms with Gasteiger partial charge in [0, 0.05) is 6.42 Å². The molecule has 0 aliphatic carbocycles. The van der Waals surface area contributed by atoms with Gasteiger partial charge in [-0.15, -0.1) is 0 Å². The molecule has 20 heavy (non-hydrogen) atoms. The fraction of sp³-hybridized carbons (Fsp3) is 0.286. The summed E-state index contributed by atoms with van der Waals surface area (Å²) in [7, 11) is 0. The Morgan fingerprint density at radius 2 is 2.05 bits per heavy atom. The minimum absolute atomic E-state index is 0.0941. The zero-order valence-corrected chi connectivity index (χ0v) is 13.5. The highest BCUT2D eigenvalue weighted by Crippen LogP contribution is 2.28. The Labute approximate surface area is 130 Å². The van der Waals surface area contributed by atoms with E-state index in [-0.39, 0.29) is 17.4 Å². The van der Waals surface area contributed by atoms with E-state index in [2.05, 4.69) is 25.9 Å². The number of hydrogen-bond acceptors (Lipinski definition) is 3. The van der Waals surface area contributed by atoms with E-state index in [9.17, 15) is 4.39 Å². The molecular weight excluding hydrogens is 345 g/mol. The van der Waals surface area contributed by atoms with Gasteiger partial charge in [-0.3, -0.25) is 0 Å². The Morgan fingerprint density at radius 3 is 2.70 bits per heavy atom. The van der Waals surface area contributed by atoms with Crippen molar-refractivity contribution in [3.05, 3.63) is 50.6 Å². The number of nitrogens with zero attached hydrogens (tertiary/aromatic N) is 2. The predicted octanol–water partition coefficient (Wildman–Crippen LogP) is 4.33. The van der Waals surface area contributed by atoms with Crippen molar-refractivity contribution >= 4 is 33.3 Å².